The van der Waals surface area contributed by atoms with Crippen LogP contribution in [0.15, 0.2) is 23.0 Å². The van der Waals surface area contributed by atoms with Gasteiger partial charge in [0, 0.05) is 42.6 Å². The van der Waals surface area contributed by atoms with Gasteiger partial charge in [0.15, 0.2) is 23.7 Å². The first-order valence-corrected chi connectivity index (χ1v) is 14.0. The molecule has 2 aromatic heterocycles. The summed E-state index contributed by atoms with van der Waals surface area (Å²) in [5.41, 5.74) is 1.55. The molecule has 0 unspecified atom stereocenters. The molecule has 0 fully saturated rings. The topological polar surface area (TPSA) is 146 Å². The van der Waals surface area contributed by atoms with Gasteiger partial charge in [0.2, 0.25) is 6.79 Å². The summed E-state index contributed by atoms with van der Waals surface area (Å²) in [6.07, 6.45) is 1.19. The number of hydrogen-bond donors (Lipinski definition) is 1. The lowest BCUT2D eigenvalue weighted by Crippen LogP contribution is -2.44. The zero-order valence-electron chi connectivity index (χ0n) is 23.7. The van der Waals surface area contributed by atoms with Crippen LogP contribution < -0.4 is 15.0 Å². The van der Waals surface area contributed by atoms with Gasteiger partial charge in [0.1, 0.15) is 6.61 Å². The Hall–Kier alpha value is -4.45. The summed E-state index contributed by atoms with van der Waals surface area (Å²) in [6.45, 7) is 5.46. The number of esters is 2. The van der Waals surface area contributed by atoms with Gasteiger partial charge in [-0.25, -0.2) is 9.78 Å². The van der Waals surface area contributed by atoms with Crippen molar-refractivity contribution in [2.24, 2.45) is 0 Å². The van der Waals surface area contributed by atoms with E-state index in [1.807, 2.05) is 13.0 Å². The highest BCUT2D eigenvalue weighted by Crippen LogP contribution is 2.43. The van der Waals surface area contributed by atoms with E-state index >= 15 is 0 Å². The summed E-state index contributed by atoms with van der Waals surface area (Å²) in [7, 11) is 0. The number of aromatic nitrogens is 2. The summed E-state index contributed by atoms with van der Waals surface area (Å²) in [4.78, 5) is 57.1. The van der Waals surface area contributed by atoms with Crippen LogP contribution in [0.3, 0.4) is 0 Å². The molecule has 0 aliphatic carbocycles. The molecule has 1 aromatic carbocycles. The average molecular weight is 578 g/mol. The van der Waals surface area contributed by atoms with Gasteiger partial charge < -0.3 is 33.5 Å². The molecule has 1 atom stereocenters. The van der Waals surface area contributed by atoms with Gasteiger partial charge >= 0.3 is 11.9 Å². The Bertz CT molecular complexity index is 1710. The molecule has 0 spiro atoms. The number of benzene rings is 1. The molecule has 0 saturated carbocycles. The lowest BCUT2D eigenvalue weighted by atomic mass is 9.86. The van der Waals surface area contributed by atoms with Crippen LogP contribution >= 0.6 is 0 Å². The second kappa shape index (κ2) is 10.4. The number of carbonyl (C=O) groups excluding carboxylic acids is 3. The van der Waals surface area contributed by atoms with Crippen LogP contribution in [0.4, 0.5) is 0 Å². The normalized spacial score (nSPS) is 17.9. The molecule has 0 bridgehead atoms. The number of ether oxygens (including phenoxy) is 4. The summed E-state index contributed by atoms with van der Waals surface area (Å²) >= 11 is 0. The van der Waals surface area contributed by atoms with Crippen molar-refractivity contribution in [2.75, 3.05) is 26.5 Å². The minimum atomic E-state index is -1.93. The van der Waals surface area contributed by atoms with E-state index in [1.54, 1.807) is 28.5 Å². The summed E-state index contributed by atoms with van der Waals surface area (Å²) < 4.78 is 23.0. The second-order valence-corrected chi connectivity index (χ2v) is 10.7. The summed E-state index contributed by atoms with van der Waals surface area (Å²) in [5.74, 6) is -0.478. The number of cyclic esters (lactones) is 1. The molecule has 0 radical (unpaired) electrons. The number of carbonyl (C=O) groups is 3. The predicted molar refractivity (Wildman–Crippen MR) is 148 cm³/mol. The highest BCUT2D eigenvalue weighted by atomic mass is 16.7. The van der Waals surface area contributed by atoms with Gasteiger partial charge in [-0.1, -0.05) is 13.8 Å². The maximum Gasteiger partial charge on any atom is 0.343 e. The predicted octanol–water partition coefficient (Wildman–Crippen LogP) is 2.15. The first kappa shape index (κ1) is 27.7. The van der Waals surface area contributed by atoms with Crippen LogP contribution in [0, 0.1) is 0 Å². The molecule has 0 saturated heterocycles. The van der Waals surface area contributed by atoms with E-state index in [-0.39, 0.29) is 55.6 Å². The van der Waals surface area contributed by atoms with Crippen molar-refractivity contribution in [1.82, 2.24) is 14.5 Å². The highest BCUT2D eigenvalue weighted by molar-refractivity contribution is 5.91. The van der Waals surface area contributed by atoms with Crippen molar-refractivity contribution in [3.63, 3.8) is 0 Å². The zero-order valence-corrected chi connectivity index (χ0v) is 23.7. The minimum Gasteiger partial charge on any atom is -0.458 e. The number of amides is 1. The average Bonchev–Trinajstić information content (AvgIpc) is 3.58. The molecule has 42 heavy (non-hydrogen) atoms. The molecule has 5 heterocycles. The van der Waals surface area contributed by atoms with Gasteiger partial charge in [-0.05, 0) is 37.0 Å². The Morgan fingerprint density at radius 1 is 1.10 bits per heavy atom. The first-order chi connectivity index (χ1) is 20.2. The van der Waals surface area contributed by atoms with Crippen molar-refractivity contribution >= 4 is 28.7 Å². The largest absolute Gasteiger partial charge is 0.458 e. The molecule has 1 N–H and O–H groups in total. The maximum atomic E-state index is 13.7. The smallest absolute Gasteiger partial charge is 0.343 e. The van der Waals surface area contributed by atoms with Crippen LogP contribution in [0.25, 0.3) is 22.3 Å². The molecule has 220 valence electrons. The van der Waals surface area contributed by atoms with Crippen LogP contribution in [-0.2, 0) is 49.0 Å². The second-order valence-electron chi connectivity index (χ2n) is 10.7. The molecule has 3 aliphatic rings. The fraction of sp³-hybridized carbons (Fsp3) is 0.433. The molecule has 6 rings (SSSR count). The Balaban J connectivity index is 1.48. The summed E-state index contributed by atoms with van der Waals surface area (Å²) in [5, 5.41) is 12.0. The minimum absolute atomic E-state index is 0.0447. The third kappa shape index (κ3) is 4.37. The number of hydrogen-bond acceptors (Lipinski definition) is 10. The van der Waals surface area contributed by atoms with E-state index in [4.69, 9.17) is 23.9 Å². The monoisotopic (exact) mass is 577 g/mol. The van der Waals surface area contributed by atoms with Crippen LogP contribution in [0.2, 0.25) is 0 Å². The van der Waals surface area contributed by atoms with Gasteiger partial charge in [0.25, 0.3) is 11.5 Å². The van der Waals surface area contributed by atoms with E-state index in [2.05, 4.69) is 0 Å². The van der Waals surface area contributed by atoms with Crippen molar-refractivity contribution in [2.45, 2.75) is 58.8 Å². The molecule has 3 aromatic rings. The van der Waals surface area contributed by atoms with Crippen LogP contribution in [0.1, 0.15) is 55.9 Å². The molecular weight excluding hydrogens is 546 g/mol. The van der Waals surface area contributed by atoms with Crippen molar-refractivity contribution in [1.29, 1.82) is 0 Å². The van der Waals surface area contributed by atoms with E-state index in [0.29, 0.717) is 54.3 Å². The number of fused-ring (bicyclic) bond motifs is 6. The molecular formula is C30H31N3O9. The third-order valence-electron chi connectivity index (χ3n) is 8.18. The van der Waals surface area contributed by atoms with Crippen molar-refractivity contribution < 1.29 is 38.4 Å². The quantitative estimate of drug-likeness (QED) is 0.309. The van der Waals surface area contributed by atoms with Crippen LogP contribution in [-0.4, -0.2) is 63.9 Å². The van der Waals surface area contributed by atoms with Crippen molar-refractivity contribution in [3.8, 4) is 22.9 Å². The maximum absolute atomic E-state index is 13.7. The highest BCUT2D eigenvalue weighted by Gasteiger charge is 2.45. The van der Waals surface area contributed by atoms with E-state index in [1.165, 1.54) is 6.92 Å². The standard InChI is InChI=1S/C30H31N3O9/c1-4-7-32(26(35)14-39-16(3)34)8-6-17-18-9-24-25(42-15-41-24)11-22(18)31-27-19(17)12-33-23(27)10-21-20(28(33)36)13-40-29(37)30(21,38)5-2/h9-11,38H,4-8,12-15H2,1-3H3/t30-/m0/s1. The zero-order chi connectivity index (χ0) is 29.8. The molecule has 3 aliphatic heterocycles. The Morgan fingerprint density at radius 2 is 1.86 bits per heavy atom. The van der Waals surface area contributed by atoms with Gasteiger partial charge in [-0.3, -0.25) is 14.4 Å². The van der Waals surface area contributed by atoms with E-state index in [0.717, 1.165) is 16.5 Å². The number of pyridine rings is 2. The van der Waals surface area contributed by atoms with Crippen LogP contribution in [0.5, 0.6) is 11.5 Å². The fourth-order valence-electron chi connectivity index (χ4n) is 5.97. The fourth-order valence-corrected chi connectivity index (χ4v) is 5.97. The molecule has 12 nitrogen and oxygen atoms in total. The lowest BCUT2D eigenvalue weighted by Gasteiger charge is -2.31. The van der Waals surface area contributed by atoms with Gasteiger partial charge in [0.05, 0.1) is 29.0 Å². The third-order valence-corrected chi connectivity index (χ3v) is 8.18. The van der Waals surface area contributed by atoms with E-state index in [9.17, 15) is 24.3 Å². The molecule has 1 amide bonds. The van der Waals surface area contributed by atoms with Gasteiger partial charge in [-0.15, -0.1) is 0 Å². The Labute approximate surface area is 240 Å². The number of rotatable bonds is 8. The number of nitrogens with zero attached hydrogens (tertiary/aromatic N) is 3. The first-order valence-electron chi connectivity index (χ1n) is 14.0. The lowest BCUT2D eigenvalue weighted by molar-refractivity contribution is -0.172. The van der Waals surface area contributed by atoms with Crippen molar-refractivity contribution in [3.05, 3.63) is 50.8 Å². The van der Waals surface area contributed by atoms with E-state index < -0.39 is 17.5 Å². The number of aliphatic hydroxyl groups is 1. The Kier molecular flexibility index (Phi) is 6.88. The Morgan fingerprint density at radius 3 is 2.57 bits per heavy atom. The molecule has 12 heteroatoms. The van der Waals surface area contributed by atoms with Gasteiger partial charge in [-0.2, -0.15) is 0 Å². The SMILES string of the molecule is CCCN(CCc1c2c(nc3cc4c(cc13)OCO4)-c1cc3c(c(=O)n1C2)COC(=O)[C@]3(O)CC)C(=O)COC(C)=O. The summed E-state index contributed by atoms with van der Waals surface area (Å²) in [6, 6.07) is 5.33.